The monoisotopic (exact) mass is 563 g/mol. The number of carbonyl (C=O) groups excluding carboxylic acids is 1. The highest BCUT2D eigenvalue weighted by Crippen LogP contribution is 2.40. The van der Waals surface area contributed by atoms with Gasteiger partial charge < -0.3 is 30.2 Å². The van der Waals surface area contributed by atoms with Crippen LogP contribution in [0.15, 0.2) is 67.0 Å². The molecule has 1 amide bonds. The first-order chi connectivity index (χ1) is 19.4. The van der Waals surface area contributed by atoms with Crippen LogP contribution in [0.4, 0.5) is 21.6 Å². The fraction of sp³-hybridized carbons (Fsp3) is 0.207. The lowest BCUT2D eigenvalue weighted by Gasteiger charge is -2.16. The minimum atomic E-state index is -0.427. The number of hydrogen-bond acceptors (Lipinski definition) is 8. The van der Waals surface area contributed by atoms with Gasteiger partial charge in [-0.1, -0.05) is 23.7 Å². The van der Waals surface area contributed by atoms with Crippen molar-refractivity contribution in [1.82, 2.24) is 15.3 Å². The Morgan fingerprint density at radius 2 is 1.90 bits per heavy atom. The Kier molecular flexibility index (Phi) is 8.28. The SMILES string of the molecule is COc1cc2ncnc(Nc3cc(Cl)c(Oc4cccc(F)c4)cc3OC)c2cc1NC(=O)C=CC1CCCN1. The van der Waals surface area contributed by atoms with Crippen molar-refractivity contribution in [2.45, 2.75) is 18.9 Å². The first kappa shape index (κ1) is 27.2. The molecule has 1 unspecified atom stereocenters. The van der Waals surface area contributed by atoms with E-state index in [1.807, 2.05) is 6.08 Å². The molecule has 0 aliphatic carbocycles. The Labute approximate surface area is 235 Å². The molecular formula is C29H27ClFN5O4. The third-order valence-electron chi connectivity index (χ3n) is 6.32. The van der Waals surface area contributed by atoms with Gasteiger partial charge in [0.25, 0.3) is 0 Å². The summed E-state index contributed by atoms with van der Waals surface area (Å²) in [5, 5.41) is 10.3. The molecule has 0 spiro atoms. The predicted molar refractivity (Wildman–Crippen MR) is 153 cm³/mol. The van der Waals surface area contributed by atoms with E-state index in [1.54, 1.807) is 36.4 Å². The third-order valence-corrected chi connectivity index (χ3v) is 6.62. The van der Waals surface area contributed by atoms with Crippen molar-refractivity contribution in [1.29, 1.82) is 0 Å². The van der Waals surface area contributed by atoms with Gasteiger partial charge in [0.1, 0.15) is 41.0 Å². The highest BCUT2D eigenvalue weighted by Gasteiger charge is 2.17. The van der Waals surface area contributed by atoms with Gasteiger partial charge in [0, 0.05) is 35.7 Å². The zero-order valence-corrected chi connectivity index (χ0v) is 22.6. The molecule has 1 fully saturated rings. The van der Waals surface area contributed by atoms with E-state index in [0.717, 1.165) is 19.4 Å². The van der Waals surface area contributed by atoms with Gasteiger partial charge in [-0.2, -0.15) is 0 Å². The molecule has 3 aromatic carbocycles. The second kappa shape index (κ2) is 12.2. The van der Waals surface area contributed by atoms with Crippen LogP contribution in [0, 0.1) is 5.82 Å². The summed E-state index contributed by atoms with van der Waals surface area (Å²) in [6.07, 6.45) is 6.89. The van der Waals surface area contributed by atoms with Crippen LogP contribution >= 0.6 is 11.6 Å². The van der Waals surface area contributed by atoms with Crippen molar-refractivity contribution in [3.05, 3.63) is 77.9 Å². The lowest BCUT2D eigenvalue weighted by molar-refractivity contribution is -0.111. The Balaban J connectivity index is 1.43. The van der Waals surface area contributed by atoms with Crippen molar-refractivity contribution in [2.75, 3.05) is 31.4 Å². The number of fused-ring (bicyclic) bond motifs is 1. The number of nitrogens with one attached hydrogen (secondary N) is 3. The van der Waals surface area contributed by atoms with E-state index in [2.05, 4.69) is 25.9 Å². The number of amides is 1. The molecule has 0 radical (unpaired) electrons. The number of ether oxygens (including phenoxy) is 3. The van der Waals surface area contributed by atoms with Crippen molar-refractivity contribution in [3.8, 4) is 23.0 Å². The molecule has 206 valence electrons. The smallest absolute Gasteiger partial charge is 0.248 e. The Morgan fingerprint density at radius 1 is 1.07 bits per heavy atom. The van der Waals surface area contributed by atoms with E-state index in [9.17, 15) is 9.18 Å². The second-order valence-corrected chi connectivity index (χ2v) is 9.42. The largest absolute Gasteiger partial charge is 0.494 e. The molecule has 1 aliphatic rings. The summed E-state index contributed by atoms with van der Waals surface area (Å²) in [6, 6.07) is 12.6. The van der Waals surface area contributed by atoms with Gasteiger partial charge in [-0.25, -0.2) is 14.4 Å². The van der Waals surface area contributed by atoms with Crippen LogP contribution < -0.4 is 30.2 Å². The first-order valence-electron chi connectivity index (χ1n) is 12.6. The third kappa shape index (κ3) is 6.24. The average Bonchev–Trinajstić information content (AvgIpc) is 3.47. The molecule has 1 atom stereocenters. The summed E-state index contributed by atoms with van der Waals surface area (Å²) in [7, 11) is 3.03. The van der Waals surface area contributed by atoms with Crippen LogP contribution in [0.5, 0.6) is 23.0 Å². The number of carbonyl (C=O) groups is 1. The topological polar surface area (TPSA) is 107 Å². The summed E-state index contributed by atoms with van der Waals surface area (Å²) in [5.74, 6) is 1.19. The summed E-state index contributed by atoms with van der Waals surface area (Å²) < 4.78 is 30.4. The quantitative estimate of drug-likeness (QED) is 0.206. The summed E-state index contributed by atoms with van der Waals surface area (Å²) in [5.41, 5.74) is 1.56. The molecular weight excluding hydrogens is 537 g/mol. The normalized spacial score (nSPS) is 14.8. The van der Waals surface area contributed by atoms with Gasteiger partial charge in [-0.3, -0.25) is 4.79 Å². The molecule has 4 aromatic rings. The highest BCUT2D eigenvalue weighted by molar-refractivity contribution is 6.32. The lowest BCUT2D eigenvalue weighted by atomic mass is 10.1. The van der Waals surface area contributed by atoms with Crippen LogP contribution in [-0.2, 0) is 4.79 Å². The minimum absolute atomic E-state index is 0.195. The van der Waals surface area contributed by atoms with E-state index in [-0.39, 0.29) is 22.7 Å². The Hall–Kier alpha value is -4.41. The summed E-state index contributed by atoms with van der Waals surface area (Å²) in [6.45, 7) is 0.948. The molecule has 0 bridgehead atoms. The lowest BCUT2D eigenvalue weighted by Crippen LogP contribution is -2.19. The van der Waals surface area contributed by atoms with Crippen molar-refractivity contribution >= 4 is 45.6 Å². The van der Waals surface area contributed by atoms with Crippen LogP contribution in [0.25, 0.3) is 10.9 Å². The molecule has 0 saturated carbocycles. The van der Waals surface area contributed by atoms with E-state index < -0.39 is 5.82 Å². The van der Waals surface area contributed by atoms with E-state index in [0.29, 0.717) is 45.3 Å². The highest BCUT2D eigenvalue weighted by atomic mass is 35.5. The molecule has 9 nitrogen and oxygen atoms in total. The molecule has 11 heteroatoms. The molecule has 1 aromatic heterocycles. The Bertz CT molecular complexity index is 1580. The maximum absolute atomic E-state index is 13.6. The number of rotatable bonds is 9. The van der Waals surface area contributed by atoms with E-state index in [4.69, 9.17) is 25.8 Å². The fourth-order valence-corrected chi connectivity index (χ4v) is 4.57. The molecule has 40 heavy (non-hydrogen) atoms. The zero-order chi connectivity index (χ0) is 28.1. The number of aromatic nitrogens is 2. The Morgan fingerprint density at radius 3 is 2.65 bits per heavy atom. The van der Waals surface area contributed by atoms with E-state index >= 15 is 0 Å². The fourth-order valence-electron chi connectivity index (χ4n) is 4.37. The van der Waals surface area contributed by atoms with Gasteiger partial charge in [0.05, 0.1) is 36.1 Å². The summed E-state index contributed by atoms with van der Waals surface area (Å²) >= 11 is 6.51. The molecule has 3 N–H and O–H groups in total. The van der Waals surface area contributed by atoms with Gasteiger partial charge in [0.15, 0.2) is 0 Å². The second-order valence-electron chi connectivity index (χ2n) is 9.01. The summed E-state index contributed by atoms with van der Waals surface area (Å²) in [4.78, 5) is 21.4. The number of halogens is 2. The van der Waals surface area contributed by atoms with Crippen molar-refractivity contribution < 1.29 is 23.4 Å². The van der Waals surface area contributed by atoms with Gasteiger partial charge in [-0.05, 0) is 43.7 Å². The van der Waals surface area contributed by atoms with Gasteiger partial charge in [0.2, 0.25) is 5.91 Å². The van der Waals surface area contributed by atoms with Crippen LogP contribution in [0.1, 0.15) is 12.8 Å². The van der Waals surface area contributed by atoms with Crippen LogP contribution in [0.2, 0.25) is 5.02 Å². The van der Waals surface area contributed by atoms with E-state index in [1.165, 1.54) is 38.8 Å². The minimum Gasteiger partial charge on any atom is -0.494 e. The standard InChI is InChI=1S/C29H27ClFN5O4/c1-38-26-14-22-20(12-23(26)35-28(37)9-8-18-6-4-10-32-18)29(34-16-33-22)36-24-13-21(30)25(15-27(24)39-2)40-19-7-3-5-17(31)11-19/h3,5,7-9,11-16,18,32H,4,6,10H2,1-2H3,(H,35,37)(H,33,34,36). The zero-order valence-electron chi connectivity index (χ0n) is 21.8. The number of benzene rings is 3. The van der Waals surface area contributed by atoms with Crippen LogP contribution in [0.3, 0.4) is 0 Å². The average molecular weight is 564 g/mol. The van der Waals surface area contributed by atoms with Crippen LogP contribution in [-0.4, -0.2) is 42.7 Å². The predicted octanol–water partition coefficient (Wildman–Crippen LogP) is 6.22. The van der Waals surface area contributed by atoms with Crippen molar-refractivity contribution in [3.63, 3.8) is 0 Å². The maximum Gasteiger partial charge on any atom is 0.248 e. The first-order valence-corrected chi connectivity index (χ1v) is 12.9. The number of nitrogens with zero attached hydrogens (tertiary/aromatic N) is 2. The molecule has 1 saturated heterocycles. The number of methoxy groups -OCH3 is 2. The molecule has 1 aliphatic heterocycles. The van der Waals surface area contributed by atoms with Crippen molar-refractivity contribution in [2.24, 2.45) is 0 Å². The van der Waals surface area contributed by atoms with Gasteiger partial charge in [-0.15, -0.1) is 0 Å². The molecule has 5 rings (SSSR count). The van der Waals surface area contributed by atoms with Gasteiger partial charge >= 0.3 is 0 Å². The number of hydrogen-bond donors (Lipinski definition) is 3. The maximum atomic E-state index is 13.6. The molecule has 2 heterocycles. The number of anilines is 3.